The summed E-state index contributed by atoms with van der Waals surface area (Å²) < 4.78 is 5.36. The summed E-state index contributed by atoms with van der Waals surface area (Å²) in [5.74, 6) is -1.18. The lowest BCUT2D eigenvalue weighted by molar-refractivity contribution is -0.140. The number of ether oxygens (including phenoxy) is 1. The molecule has 1 aliphatic carbocycles. The Bertz CT molecular complexity index is 753. The number of nitrogens with zero attached hydrogens (tertiary/aromatic N) is 1. The molecular formula is C21H27N3O5. The molecule has 2 aliphatic rings. The van der Waals surface area contributed by atoms with E-state index < -0.39 is 11.8 Å². The summed E-state index contributed by atoms with van der Waals surface area (Å²) in [6.45, 7) is 1.85. The maximum absolute atomic E-state index is 12.4. The van der Waals surface area contributed by atoms with Crippen molar-refractivity contribution in [3.63, 3.8) is 0 Å². The van der Waals surface area contributed by atoms with Gasteiger partial charge in [-0.3, -0.25) is 34.9 Å². The third kappa shape index (κ3) is 5.13. The first kappa shape index (κ1) is 20.8. The number of hydrogen-bond acceptors (Lipinski definition) is 5. The smallest absolute Gasteiger partial charge is 0.276 e. The highest BCUT2D eigenvalue weighted by Crippen LogP contribution is 2.37. The van der Waals surface area contributed by atoms with Crippen LogP contribution in [0.5, 0.6) is 5.75 Å². The number of fused-ring (bicyclic) bond motifs is 1. The Balaban J connectivity index is 1.36. The number of hydrazine groups is 1. The third-order valence-corrected chi connectivity index (χ3v) is 5.54. The largest absolute Gasteiger partial charge is 0.484 e. The van der Waals surface area contributed by atoms with E-state index in [1.807, 2.05) is 12.1 Å². The van der Waals surface area contributed by atoms with Crippen molar-refractivity contribution in [2.45, 2.75) is 45.4 Å². The van der Waals surface area contributed by atoms with Crippen LogP contribution in [0.15, 0.2) is 24.3 Å². The van der Waals surface area contributed by atoms with Crippen molar-refractivity contribution >= 4 is 23.6 Å². The molecule has 0 aromatic heterocycles. The molecule has 0 unspecified atom stereocenters. The summed E-state index contributed by atoms with van der Waals surface area (Å²) in [6, 6.07) is 7.41. The van der Waals surface area contributed by atoms with E-state index in [0.717, 1.165) is 32.1 Å². The highest BCUT2D eigenvalue weighted by molar-refractivity contribution is 6.05. The first-order valence-electron chi connectivity index (χ1n) is 10.1. The number of hydrogen-bond donors (Lipinski definition) is 2. The maximum atomic E-state index is 12.4. The molecule has 8 nitrogen and oxygen atoms in total. The first-order valence-corrected chi connectivity index (χ1v) is 10.1. The minimum absolute atomic E-state index is 0.0344. The Morgan fingerprint density at radius 1 is 1.00 bits per heavy atom. The Hall–Kier alpha value is -2.90. The molecular weight excluding hydrogens is 374 g/mol. The molecule has 1 heterocycles. The molecule has 1 aromatic rings. The predicted octanol–water partition coefficient (Wildman–Crippen LogP) is 1.34. The number of likely N-dealkylation sites (tertiary alicyclic amines) is 1. The van der Waals surface area contributed by atoms with E-state index in [9.17, 15) is 19.2 Å². The van der Waals surface area contributed by atoms with E-state index in [1.165, 1.54) is 10.5 Å². The minimum atomic E-state index is -0.503. The number of amides is 4. The van der Waals surface area contributed by atoms with Crippen LogP contribution >= 0.6 is 0 Å². The third-order valence-electron chi connectivity index (χ3n) is 5.54. The van der Waals surface area contributed by atoms with Gasteiger partial charge in [-0.15, -0.1) is 0 Å². The predicted molar refractivity (Wildman–Crippen MR) is 104 cm³/mol. The monoisotopic (exact) mass is 401 g/mol. The van der Waals surface area contributed by atoms with Gasteiger partial charge in [0.15, 0.2) is 6.61 Å². The molecule has 0 radical (unpaired) electrons. The Kier molecular flexibility index (Phi) is 6.85. The van der Waals surface area contributed by atoms with Crippen LogP contribution < -0.4 is 15.6 Å². The van der Waals surface area contributed by atoms with E-state index in [-0.39, 0.29) is 43.2 Å². The Morgan fingerprint density at radius 3 is 2.17 bits per heavy atom. The molecule has 3 rings (SSSR count). The van der Waals surface area contributed by atoms with Gasteiger partial charge in [0.2, 0.25) is 17.7 Å². The molecule has 1 aliphatic heterocycles. The lowest BCUT2D eigenvalue weighted by atomic mass is 9.81. The van der Waals surface area contributed by atoms with E-state index >= 15 is 0 Å². The fourth-order valence-electron chi connectivity index (χ4n) is 3.87. The number of benzene rings is 1. The first-order chi connectivity index (χ1) is 14.0. The normalized spacial score (nSPS) is 20.9. The number of carbonyl (C=O) groups excluding carboxylic acids is 4. The molecule has 2 N–H and O–H groups in total. The van der Waals surface area contributed by atoms with Crippen molar-refractivity contribution in [2.75, 3.05) is 13.2 Å². The van der Waals surface area contributed by atoms with Gasteiger partial charge in [-0.25, -0.2) is 0 Å². The van der Waals surface area contributed by atoms with E-state index in [4.69, 9.17) is 4.74 Å². The minimum Gasteiger partial charge on any atom is -0.484 e. The topological polar surface area (TPSA) is 105 Å². The zero-order chi connectivity index (χ0) is 20.8. The number of rotatable bonds is 7. The summed E-state index contributed by atoms with van der Waals surface area (Å²) in [5, 5.41) is 0. The van der Waals surface area contributed by atoms with Crippen molar-refractivity contribution in [3.05, 3.63) is 29.8 Å². The molecule has 8 heteroatoms. The summed E-state index contributed by atoms with van der Waals surface area (Å²) in [4.78, 5) is 49.7. The molecule has 0 bridgehead atoms. The SMILES string of the molecule is CCc1ccc(OCC(=O)NNC(=O)CCN2C(=O)[C@@H]3CCCC[C@H]3C2=O)cc1. The second-order valence-electron chi connectivity index (χ2n) is 7.46. The molecule has 156 valence electrons. The Labute approximate surface area is 169 Å². The van der Waals surface area contributed by atoms with Crippen LogP contribution in [0.25, 0.3) is 0 Å². The zero-order valence-corrected chi connectivity index (χ0v) is 16.6. The van der Waals surface area contributed by atoms with Crippen molar-refractivity contribution in [1.82, 2.24) is 15.8 Å². The van der Waals surface area contributed by atoms with Crippen LogP contribution in [0.1, 0.15) is 44.6 Å². The molecule has 1 aromatic carbocycles. The van der Waals surface area contributed by atoms with Gasteiger partial charge in [-0.05, 0) is 37.0 Å². The van der Waals surface area contributed by atoms with Crippen LogP contribution in [-0.4, -0.2) is 41.7 Å². The van der Waals surface area contributed by atoms with Gasteiger partial charge in [-0.2, -0.15) is 0 Å². The van der Waals surface area contributed by atoms with Crippen LogP contribution in [0.3, 0.4) is 0 Å². The number of imide groups is 1. The quantitative estimate of drug-likeness (QED) is 0.530. The average Bonchev–Trinajstić information content (AvgIpc) is 2.99. The van der Waals surface area contributed by atoms with Crippen LogP contribution in [0.4, 0.5) is 0 Å². The van der Waals surface area contributed by atoms with Gasteiger partial charge in [-0.1, -0.05) is 31.9 Å². The van der Waals surface area contributed by atoms with Crippen LogP contribution in [0, 0.1) is 11.8 Å². The maximum Gasteiger partial charge on any atom is 0.276 e. The van der Waals surface area contributed by atoms with Gasteiger partial charge in [0.05, 0.1) is 11.8 Å². The lowest BCUT2D eigenvalue weighted by Crippen LogP contribution is -2.45. The average molecular weight is 401 g/mol. The number of aryl methyl sites for hydroxylation is 1. The second kappa shape index (κ2) is 9.54. The molecule has 0 spiro atoms. The van der Waals surface area contributed by atoms with Crippen molar-refractivity contribution in [1.29, 1.82) is 0 Å². The molecule has 4 amide bonds. The lowest BCUT2D eigenvalue weighted by Gasteiger charge is -2.19. The second-order valence-corrected chi connectivity index (χ2v) is 7.46. The Morgan fingerprint density at radius 2 is 1.59 bits per heavy atom. The summed E-state index contributed by atoms with van der Waals surface area (Å²) in [7, 11) is 0. The highest BCUT2D eigenvalue weighted by Gasteiger charge is 2.47. The zero-order valence-electron chi connectivity index (χ0n) is 16.6. The highest BCUT2D eigenvalue weighted by atomic mass is 16.5. The van der Waals surface area contributed by atoms with Gasteiger partial charge in [0.1, 0.15) is 5.75 Å². The fraction of sp³-hybridized carbons (Fsp3) is 0.524. The van der Waals surface area contributed by atoms with Crippen molar-refractivity contribution in [3.8, 4) is 5.75 Å². The standard InChI is InChI=1S/C21H27N3O5/c1-2-14-7-9-15(10-8-14)29-13-19(26)23-22-18(25)11-12-24-20(27)16-5-3-4-6-17(16)21(24)28/h7-10,16-17H,2-6,11-13H2,1H3,(H,22,25)(H,23,26)/t16-,17-/m1/s1. The summed E-state index contributed by atoms with van der Waals surface area (Å²) >= 11 is 0. The summed E-state index contributed by atoms with van der Waals surface area (Å²) in [6.07, 6.45) is 4.28. The molecule has 2 atom stereocenters. The molecule has 2 fully saturated rings. The number of nitrogens with one attached hydrogen (secondary N) is 2. The van der Waals surface area contributed by atoms with Gasteiger partial charge >= 0.3 is 0 Å². The van der Waals surface area contributed by atoms with Crippen LogP contribution in [-0.2, 0) is 25.6 Å². The van der Waals surface area contributed by atoms with Gasteiger partial charge in [0, 0.05) is 13.0 Å². The van der Waals surface area contributed by atoms with Crippen molar-refractivity contribution < 1.29 is 23.9 Å². The molecule has 29 heavy (non-hydrogen) atoms. The molecule has 1 saturated heterocycles. The van der Waals surface area contributed by atoms with E-state index in [0.29, 0.717) is 5.75 Å². The number of carbonyl (C=O) groups is 4. The van der Waals surface area contributed by atoms with Crippen LogP contribution in [0.2, 0.25) is 0 Å². The van der Waals surface area contributed by atoms with Gasteiger partial charge < -0.3 is 4.74 Å². The summed E-state index contributed by atoms with van der Waals surface area (Å²) in [5.41, 5.74) is 5.73. The van der Waals surface area contributed by atoms with E-state index in [2.05, 4.69) is 17.8 Å². The van der Waals surface area contributed by atoms with Crippen molar-refractivity contribution in [2.24, 2.45) is 11.8 Å². The van der Waals surface area contributed by atoms with E-state index in [1.54, 1.807) is 12.1 Å². The molecule has 1 saturated carbocycles. The fourth-order valence-corrected chi connectivity index (χ4v) is 3.87. The van der Waals surface area contributed by atoms with Gasteiger partial charge in [0.25, 0.3) is 5.91 Å².